The van der Waals surface area contributed by atoms with Gasteiger partial charge in [0.2, 0.25) is 5.91 Å². The molecule has 4 nitrogen and oxygen atoms in total. The van der Waals surface area contributed by atoms with Crippen LogP contribution in [-0.4, -0.2) is 23.3 Å². The van der Waals surface area contributed by atoms with E-state index in [0.29, 0.717) is 18.5 Å². The Morgan fingerprint density at radius 2 is 1.77 bits per heavy atom. The molecule has 0 saturated carbocycles. The molecular formula is C22H26N2O2. The quantitative estimate of drug-likeness (QED) is 0.891. The Balaban J connectivity index is 1.70. The summed E-state index contributed by atoms with van der Waals surface area (Å²) in [7, 11) is 0. The summed E-state index contributed by atoms with van der Waals surface area (Å²) in [6.07, 6.45) is 1.58. The van der Waals surface area contributed by atoms with Crippen LogP contribution in [0, 0.1) is 0 Å². The largest absolute Gasteiger partial charge is 0.338 e. The zero-order valence-electron chi connectivity index (χ0n) is 15.7. The summed E-state index contributed by atoms with van der Waals surface area (Å²) in [6, 6.07) is 15.4. The molecule has 2 aromatic carbocycles. The van der Waals surface area contributed by atoms with Crippen LogP contribution in [0.3, 0.4) is 0 Å². The molecule has 4 heteroatoms. The van der Waals surface area contributed by atoms with Crippen molar-refractivity contribution in [3.63, 3.8) is 0 Å². The highest BCUT2D eigenvalue weighted by molar-refractivity contribution is 6.04. The molecule has 1 heterocycles. The Morgan fingerprint density at radius 3 is 2.38 bits per heavy atom. The number of carbonyl (C=O) groups excluding carboxylic acids is 2. The first-order chi connectivity index (χ1) is 12.3. The van der Waals surface area contributed by atoms with Gasteiger partial charge in [-0.1, -0.05) is 51.1 Å². The average Bonchev–Trinajstić information content (AvgIpc) is 3.00. The van der Waals surface area contributed by atoms with Crippen LogP contribution in [0.25, 0.3) is 0 Å². The molecule has 0 aromatic heterocycles. The van der Waals surface area contributed by atoms with E-state index in [1.54, 1.807) is 0 Å². The maximum Gasteiger partial charge on any atom is 0.255 e. The Hall–Kier alpha value is -2.62. The van der Waals surface area contributed by atoms with E-state index in [1.165, 1.54) is 0 Å². The summed E-state index contributed by atoms with van der Waals surface area (Å²) >= 11 is 0. The van der Waals surface area contributed by atoms with Crippen LogP contribution in [0.5, 0.6) is 0 Å². The highest BCUT2D eigenvalue weighted by atomic mass is 16.2. The zero-order valence-corrected chi connectivity index (χ0v) is 15.7. The lowest BCUT2D eigenvalue weighted by molar-refractivity contribution is -0.128. The molecule has 2 aromatic rings. The van der Waals surface area contributed by atoms with Crippen molar-refractivity contribution in [1.29, 1.82) is 0 Å². The van der Waals surface area contributed by atoms with Crippen molar-refractivity contribution < 1.29 is 9.59 Å². The summed E-state index contributed by atoms with van der Waals surface area (Å²) in [5.41, 5.74) is 3.57. The van der Waals surface area contributed by atoms with Gasteiger partial charge in [0.1, 0.15) is 0 Å². The Kier molecular flexibility index (Phi) is 5.12. The number of nitrogens with zero attached hydrogens (tertiary/aromatic N) is 1. The predicted octanol–water partition coefficient (Wildman–Crippen LogP) is 4.36. The number of rotatable bonds is 4. The highest BCUT2D eigenvalue weighted by Gasteiger charge is 2.21. The zero-order chi connectivity index (χ0) is 18.7. The normalized spacial score (nSPS) is 14.6. The van der Waals surface area contributed by atoms with E-state index in [1.807, 2.05) is 53.4 Å². The fourth-order valence-electron chi connectivity index (χ4n) is 3.29. The summed E-state index contributed by atoms with van der Waals surface area (Å²) in [5, 5.41) is 3.03. The fraction of sp³-hybridized carbons (Fsp3) is 0.364. The predicted molar refractivity (Wildman–Crippen MR) is 104 cm³/mol. The molecule has 136 valence electrons. The van der Waals surface area contributed by atoms with Gasteiger partial charge in [0.25, 0.3) is 5.91 Å². The third kappa shape index (κ3) is 4.13. The molecule has 1 aliphatic rings. The Morgan fingerprint density at radius 1 is 1.08 bits per heavy atom. The van der Waals surface area contributed by atoms with Crippen LogP contribution in [0.4, 0.5) is 5.69 Å². The lowest BCUT2D eigenvalue weighted by Crippen LogP contribution is -2.23. The average molecular weight is 350 g/mol. The molecule has 1 N–H and O–H groups in total. The summed E-state index contributed by atoms with van der Waals surface area (Å²) in [6.45, 7) is 7.84. The molecular weight excluding hydrogens is 324 g/mol. The van der Waals surface area contributed by atoms with E-state index in [4.69, 9.17) is 0 Å². The SMILES string of the molecule is CC(C)(C)c1ccccc1NC(=O)c1ccc(CN2CCCC2=O)cc1. The number of hydrogen-bond donors (Lipinski definition) is 1. The van der Waals surface area contributed by atoms with Crippen LogP contribution >= 0.6 is 0 Å². The Bertz CT molecular complexity index is 804. The van der Waals surface area contributed by atoms with E-state index in [9.17, 15) is 9.59 Å². The molecule has 3 rings (SSSR count). The minimum Gasteiger partial charge on any atom is -0.338 e. The third-order valence-corrected chi connectivity index (χ3v) is 4.74. The van der Waals surface area contributed by atoms with Crippen LogP contribution in [-0.2, 0) is 16.8 Å². The van der Waals surface area contributed by atoms with Crippen LogP contribution in [0.1, 0.15) is 55.1 Å². The topological polar surface area (TPSA) is 49.4 Å². The number of carbonyl (C=O) groups is 2. The monoisotopic (exact) mass is 350 g/mol. The van der Waals surface area contributed by atoms with Crippen molar-refractivity contribution in [2.75, 3.05) is 11.9 Å². The van der Waals surface area contributed by atoms with Gasteiger partial charge in [-0.2, -0.15) is 0 Å². The molecule has 0 aliphatic carbocycles. The molecule has 0 bridgehead atoms. The van der Waals surface area contributed by atoms with Crippen LogP contribution in [0.15, 0.2) is 48.5 Å². The second-order valence-electron chi connectivity index (χ2n) is 7.87. The molecule has 0 atom stereocenters. The van der Waals surface area contributed by atoms with Crippen molar-refractivity contribution in [3.05, 3.63) is 65.2 Å². The van der Waals surface area contributed by atoms with E-state index < -0.39 is 0 Å². The molecule has 1 aliphatic heterocycles. The lowest BCUT2D eigenvalue weighted by Gasteiger charge is -2.23. The van der Waals surface area contributed by atoms with Gasteiger partial charge < -0.3 is 10.2 Å². The number of likely N-dealkylation sites (tertiary alicyclic amines) is 1. The third-order valence-electron chi connectivity index (χ3n) is 4.74. The van der Waals surface area contributed by atoms with E-state index in [-0.39, 0.29) is 17.2 Å². The molecule has 0 radical (unpaired) electrons. The minimum absolute atomic E-state index is 0.0456. The van der Waals surface area contributed by atoms with Gasteiger partial charge in [-0.05, 0) is 41.2 Å². The van der Waals surface area contributed by atoms with Crippen molar-refractivity contribution >= 4 is 17.5 Å². The van der Waals surface area contributed by atoms with Gasteiger partial charge in [-0.25, -0.2) is 0 Å². The molecule has 26 heavy (non-hydrogen) atoms. The second kappa shape index (κ2) is 7.32. The lowest BCUT2D eigenvalue weighted by atomic mass is 9.86. The number of para-hydroxylation sites is 1. The Labute approximate surface area is 155 Å². The molecule has 0 unspecified atom stereocenters. The molecule has 1 fully saturated rings. The molecule has 2 amide bonds. The van der Waals surface area contributed by atoms with Crippen molar-refractivity contribution in [1.82, 2.24) is 4.90 Å². The fourth-order valence-corrected chi connectivity index (χ4v) is 3.29. The van der Waals surface area contributed by atoms with Gasteiger partial charge in [0.05, 0.1) is 0 Å². The summed E-state index contributed by atoms with van der Waals surface area (Å²) in [4.78, 5) is 26.2. The van der Waals surface area contributed by atoms with Gasteiger partial charge >= 0.3 is 0 Å². The highest BCUT2D eigenvalue weighted by Crippen LogP contribution is 2.29. The maximum atomic E-state index is 12.6. The molecule has 1 saturated heterocycles. The first kappa shape index (κ1) is 18.2. The van der Waals surface area contributed by atoms with E-state index >= 15 is 0 Å². The minimum atomic E-state index is -0.120. The first-order valence-electron chi connectivity index (χ1n) is 9.12. The summed E-state index contributed by atoms with van der Waals surface area (Å²) < 4.78 is 0. The van der Waals surface area contributed by atoms with Crippen molar-refractivity contribution in [2.24, 2.45) is 0 Å². The number of amides is 2. The number of anilines is 1. The van der Waals surface area contributed by atoms with E-state index in [0.717, 1.165) is 29.8 Å². The first-order valence-corrected chi connectivity index (χ1v) is 9.12. The standard InChI is InChI=1S/C22H26N2O2/c1-22(2,3)18-7-4-5-8-19(18)23-21(26)17-12-10-16(11-13-17)15-24-14-6-9-20(24)25/h4-5,7-8,10-13H,6,9,14-15H2,1-3H3,(H,23,26). The van der Waals surface area contributed by atoms with E-state index in [2.05, 4.69) is 26.1 Å². The second-order valence-corrected chi connectivity index (χ2v) is 7.87. The smallest absolute Gasteiger partial charge is 0.255 e. The maximum absolute atomic E-state index is 12.6. The van der Waals surface area contributed by atoms with Gasteiger partial charge in [0, 0.05) is 30.8 Å². The number of hydrogen-bond acceptors (Lipinski definition) is 2. The van der Waals surface area contributed by atoms with Crippen molar-refractivity contribution in [3.8, 4) is 0 Å². The number of nitrogens with one attached hydrogen (secondary N) is 1. The molecule has 0 spiro atoms. The van der Waals surface area contributed by atoms with Gasteiger partial charge in [0.15, 0.2) is 0 Å². The van der Waals surface area contributed by atoms with Crippen molar-refractivity contribution in [2.45, 2.75) is 45.6 Å². The van der Waals surface area contributed by atoms with Crippen LogP contribution < -0.4 is 5.32 Å². The number of benzene rings is 2. The van der Waals surface area contributed by atoms with Crippen LogP contribution in [0.2, 0.25) is 0 Å². The van der Waals surface area contributed by atoms with Gasteiger partial charge in [-0.3, -0.25) is 9.59 Å². The van der Waals surface area contributed by atoms with Gasteiger partial charge in [-0.15, -0.1) is 0 Å². The summed E-state index contributed by atoms with van der Waals surface area (Å²) in [5.74, 6) is 0.0936.